The molecule has 3 rings (SSSR count). The van der Waals surface area contributed by atoms with Crippen molar-refractivity contribution in [2.24, 2.45) is 17.8 Å². The van der Waals surface area contributed by atoms with E-state index in [-0.39, 0.29) is 11.9 Å². The van der Waals surface area contributed by atoms with Crippen LogP contribution in [0.15, 0.2) is 4.52 Å². The van der Waals surface area contributed by atoms with E-state index in [1.807, 2.05) is 6.92 Å². The Morgan fingerprint density at radius 1 is 1.37 bits per heavy atom. The molecule has 0 radical (unpaired) electrons. The van der Waals surface area contributed by atoms with Gasteiger partial charge in [-0.05, 0) is 57.8 Å². The van der Waals surface area contributed by atoms with E-state index in [1.54, 1.807) is 6.92 Å². The molecule has 0 aromatic carbocycles. The summed E-state index contributed by atoms with van der Waals surface area (Å²) in [6.07, 6.45) is 5.40. The summed E-state index contributed by atoms with van der Waals surface area (Å²) >= 11 is 0. The monoisotopic (exact) mass is 262 g/mol. The average molecular weight is 262 g/mol. The van der Waals surface area contributed by atoms with E-state index in [9.17, 15) is 4.79 Å². The van der Waals surface area contributed by atoms with Gasteiger partial charge in [-0.25, -0.2) is 0 Å². The number of nitrogens with one attached hydrogen (secondary N) is 1. The van der Waals surface area contributed by atoms with Crippen molar-refractivity contribution in [1.29, 1.82) is 0 Å². The summed E-state index contributed by atoms with van der Waals surface area (Å²) in [5, 5.41) is 7.00. The lowest BCUT2D eigenvalue weighted by atomic mass is 9.84. The van der Waals surface area contributed by atoms with Gasteiger partial charge in [0.15, 0.2) is 0 Å². The fraction of sp³-hybridized carbons (Fsp3) is 0.733. The number of hydrogen-bond acceptors (Lipinski definition) is 3. The molecule has 4 atom stereocenters. The fourth-order valence-electron chi connectivity index (χ4n) is 4.10. The highest BCUT2D eigenvalue weighted by Gasteiger charge is 2.42. The van der Waals surface area contributed by atoms with Gasteiger partial charge in [0, 0.05) is 6.04 Å². The zero-order valence-electron chi connectivity index (χ0n) is 11.9. The van der Waals surface area contributed by atoms with E-state index < -0.39 is 0 Å². The molecule has 1 N–H and O–H groups in total. The predicted octanol–water partition coefficient (Wildman–Crippen LogP) is 2.85. The van der Waals surface area contributed by atoms with Crippen molar-refractivity contribution < 1.29 is 9.32 Å². The van der Waals surface area contributed by atoms with Gasteiger partial charge in [0.2, 0.25) is 0 Å². The molecule has 4 heteroatoms. The van der Waals surface area contributed by atoms with Gasteiger partial charge in [-0.1, -0.05) is 11.6 Å². The van der Waals surface area contributed by atoms with Crippen molar-refractivity contribution in [2.45, 2.75) is 52.5 Å². The number of nitrogens with zero attached hydrogens (tertiary/aromatic N) is 1. The second-order valence-electron chi connectivity index (χ2n) is 6.30. The molecule has 1 aromatic heterocycles. The number of aromatic nitrogens is 1. The number of hydrogen-bond donors (Lipinski definition) is 1. The van der Waals surface area contributed by atoms with Gasteiger partial charge >= 0.3 is 0 Å². The summed E-state index contributed by atoms with van der Waals surface area (Å²) in [4.78, 5) is 12.3. The highest BCUT2D eigenvalue weighted by atomic mass is 16.5. The number of carbonyl (C=O) groups excluding carboxylic acids is 1. The summed E-state index contributed by atoms with van der Waals surface area (Å²) in [6, 6.07) is 0.247. The van der Waals surface area contributed by atoms with Gasteiger partial charge in [-0.15, -0.1) is 0 Å². The van der Waals surface area contributed by atoms with Crippen LogP contribution in [0, 0.1) is 31.6 Å². The normalized spacial score (nSPS) is 30.6. The van der Waals surface area contributed by atoms with Crippen molar-refractivity contribution in [3.63, 3.8) is 0 Å². The van der Waals surface area contributed by atoms with Gasteiger partial charge in [-0.3, -0.25) is 4.79 Å². The molecule has 4 nitrogen and oxygen atoms in total. The molecule has 2 bridgehead atoms. The molecular formula is C15H22N2O2. The largest absolute Gasteiger partial charge is 0.361 e. The third-order valence-electron chi connectivity index (χ3n) is 5.05. The summed E-state index contributed by atoms with van der Waals surface area (Å²) in [5.41, 5.74) is 1.28. The number of amides is 1. The Morgan fingerprint density at radius 2 is 2.16 bits per heavy atom. The van der Waals surface area contributed by atoms with Crippen LogP contribution in [0.4, 0.5) is 0 Å². The summed E-state index contributed by atoms with van der Waals surface area (Å²) in [6.45, 7) is 5.74. The van der Waals surface area contributed by atoms with Crippen LogP contribution in [0.1, 0.15) is 54.4 Å². The van der Waals surface area contributed by atoms with Gasteiger partial charge in [0.1, 0.15) is 11.3 Å². The first-order valence-corrected chi connectivity index (χ1v) is 7.30. The number of carbonyl (C=O) groups is 1. The zero-order valence-corrected chi connectivity index (χ0v) is 11.9. The minimum atomic E-state index is -0.0356. The fourth-order valence-corrected chi connectivity index (χ4v) is 4.10. The minimum absolute atomic E-state index is 0.0356. The molecule has 0 spiro atoms. The molecule has 2 saturated carbocycles. The molecule has 1 heterocycles. The zero-order chi connectivity index (χ0) is 13.6. The molecule has 2 aliphatic carbocycles. The molecule has 0 saturated heterocycles. The van der Waals surface area contributed by atoms with Crippen molar-refractivity contribution in [3.05, 3.63) is 17.0 Å². The lowest BCUT2D eigenvalue weighted by molar-refractivity contribution is 0.0913. The Balaban J connectivity index is 1.67. The molecule has 104 valence electrons. The highest BCUT2D eigenvalue weighted by molar-refractivity contribution is 5.96. The molecule has 19 heavy (non-hydrogen) atoms. The number of rotatable bonds is 3. The van der Waals surface area contributed by atoms with E-state index >= 15 is 0 Å². The van der Waals surface area contributed by atoms with Crippen molar-refractivity contribution in [3.8, 4) is 0 Å². The quantitative estimate of drug-likeness (QED) is 0.911. The van der Waals surface area contributed by atoms with Crippen molar-refractivity contribution in [2.75, 3.05) is 0 Å². The van der Waals surface area contributed by atoms with Crippen LogP contribution in [-0.2, 0) is 0 Å². The summed E-state index contributed by atoms with van der Waals surface area (Å²) < 4.78 is 5.06. The van der Waals surface area contributed by atoms with Gasteiger partial charge in [0.05, 0.1) is 5.69 Å². The summed E-state index contributed by atoms with van der Waals surface area (Å²) in [5.74, 6) is 2.96. The second-order valence-corrected chi connectivity index (χ2v) is 6.30. The maximum absolute atomic E-state index is 12.3. The molecule has 1 amide bonds. The lowest BCUT2D eigenvalue weighted by Crippen LogP contribution is -2.40. The Bertz CT molecular complexity index is 475. The molecule has 2 aliphatic rings. The van der Waals surface area contributed by atoms with Crippen molar-refractivity contribution >= 4 is 5.91 Å². The van der Waals surface area contributed by atoms with Gasteiger partial charge < -0.3 is 9.84 Å². The second kappa shape index (κ2) is 4.66. The average Bonchev–Trinajstić information content (AvgIpc) is 3.05. The smallest absolute Gasteiger partial charge is 0.257 e. The van der Waals surface area contributed by atoms with Crippen LogP contribution in [0.3, 0.4) is 0 Å². The molecule has 1 aromatic rings. The topological polar surface area (TPSA) is 55.1 Å². The van der Waals surface area contributed by atoms with Crippen LogP contribution < -0.4 is 5.32 Å². The van der Waals surface area contributed by atoms with E-state index in [0.717, 1.165) is 11.8 Å². The highest BCUT2D eigenvalue weighted by Crippen LogP contribution is 2.49. The maximum Gasteiger partial charge on any atom is 0.257 e. The first-order valence-electron chi connectivity index (χ1n) is 7.30. The Hall–Kier alpha value is -1.32. The third-order valence-corrected chi connectivity index (χ3v) is 5.05. The van der Waals surface area contributed by atoms with Crippen LogP contribution in [0.25, 0.3) is 0 Å². The van der Waals surface area contributed by atoms with E-state index in [2.05, 4.69) is 17.4 Å². The predicted molar refractivity (Wildman–Crippen MR) is 71.8 cm³/mol. The van der Waals surface area contributed by atoms with Crippen molar-refractivity contribution in [1.82, 2.24) is 10.5 Å². The first-order chi connectivity index (χ1) is 9.06. The molecular weight excluding hydrogens is 240 g/mol. The minimum Gasteiger partial charge on any atom is -0.361 e. The maximum atomic E-state index is 12.3. The van der Waals surface area contributed by atoms with E-state index in [0.29, 0.717) is 22.9 Å². The standard InChI is InChI=1S/C15H22N2O2/c1-8(13-7-11-4-5-12(13)6-11)16-15(18)14-9(2)17-19-10(14)3/h8,11-13H,4-7H2,1-3H3,(H,16,18). The Morgan fingerprint density at radius 3 is 2.68 bits per heavy atom. The SMILES string of the molecule is Cc1noc(C)c1C(=O)NC(C)C1CC2CCC1C2. The van der Waals surface area contributed by atoms with E-state index in [1.165, 1.54) is 25.7 Å². The number of aryl methyl sites for hydroxylation is 2. The number of fused-ring (bicyclic) bond motifs is 2. The van der Waals surface area contributed by atoms with Gasteiger partial charge in [0.25, 0.3) is 5.91 Å². The molecule has 2 fully saturated rings. The van der Waals surface area contributed by atoms with E-state index in [4.69, 9.17) is 4.52 Å². The third kappa shape index (κ3) is 2.17. The molecule has 4 unspecified atom stereocenters. The first kappa shape index (κ1) is 12.7. The van der Waals surface area contributed by atoms with Crippen LogP contribution in [-0.4, -0.2) is 17.1 Å². The Kier molecular flexibility index (Phi) is 3.11. The summed E-state index contributed by atoms with van der Waals surface area (Å²) in [7, 11) is 0. The molecule has 0 aliphatic heterocycles. The van der Waals surface area contributed by atoms with Crippen LogP contribution >= 0.6 is 0 Å². The van der Waals surface area contributed by atoms with Crippen LogP contribution in [0.5, 0.6) is 0 Å². The van der Waals surface area contributed by atoms with Gasteiger partial charge in [-0.2, -0.15) is 0 Å². The Labute approximate surface area is 113 Å². The van der Waals surface area contributed by atoms with Crippen LogP contribution in [0.2, 0.25) is 0 Å². The lowest BCUT2D eigenvalue weighted by Gasteiger charge is -2.28.